The summed E-state index contributed by atoms with van der Waals surface area (Å²) in [6, 6.07) is 5.58. The summed E-state index contributed by atoms with van der Waals surface area (Å²) in [6.07, 6.45) is 8.07. The Bertz CT molecular complexity index is 444. The van der Waals surface area contributed by atoms with Crippen molar-refractivity contribution in [1.29, 1.82) is 0 Å². The van der Waals surface area contributed by atoms with Gasteiger partial charge in [0.15, 0.2) is 11.6 Å². The molecule has 0 aromatic heterocycles. The highest BCUT2D eigenvalue weighted by molar-refractivity contribution is 5.49. The Kier molecular flexibility index (Phi) is 3.63. The molecule has 3 rings (SSSR count). The van der Waals surface area contributed by atoms with Gasteiger partial charge in [0.25, 0.3) is 0 Å². The van der Waals surface area contributed by atoms with E-state index >= 15 is 0 Å². The Labute approximate surface area is 114 Å². The van der Waals surface area contributed by atoms with Crippen LogP contribution in [0.2, 0.25) is 0 Å². The molecule has 2 unspecified atom stereocenters. The van der Waals surface area contributed by atoms with E-state index in [0.29, 0.717) is 11.8 Å². The Balaban J connectivity index is 1.63. The molecule has 2 atom stereocenters. The molecule has 19 heavy (non-hydrogen) atoms. The van der Waals surface area contributed by atoms with Crippen LogP contribution in [0.25, 0.3) is 0 Å². The first-order chi connectivity index (χ1) is 9.26. The zero-order valence-corrected chi connectivity index (χ0v) is 11.5. The lowest BCUT2D eigenvalue weighted by Gasteiger charge is -2.30. The average molecular weight is 263 g/mol. The van der Waals surface area contributed by atoms with E-state index in [4.69, 9.17) is 4.74 Å². The summed E-state index contributed by atoms with van der Waals surface area (Å²) in [5.74, 6) is 1.92. The van der Waals surface area contributed by atoms with E-state index in [1.54, 1.807) is 12.1 Å². The van der Waals surface area contributed by atoms with Gasteiger partial charge in [-0.05, 0) is 49.7 Å². The van der Waals surface area contributed by atoms with Gasteiger partial charge in [-0.1, -0.05) is 12.8 Å². The lowest BCUT2D eigenvalue weighted by molar-refractivity contribution is 0.303. The largest absolute Gasteiger partial charge is 0.494 e. The standard InChI is InChI=1S/C16H22FNO/c1-19-16-10-14(7-8-15(16)17)18-13-4-2-3-12(9-13)11-5-6-11/h7-8,10-13,18H,2-6,9H2,1H3. The van der Waals surface area contributed by atoms with Crippen LogP contribution in [-0.4, -0.2) is 13.2 Å². The molecular weight excluding hydrogens is 241 g/mol. The van der Waals surface area contributed by atoms with Crippen LogP contribution in [0.5, 0.6) is 5.75 Å². The molecule has 2 saturated carbocycles. The maximum Gasteiger partial charge on any atom is 0.165 e. The number of ether oxygens (including phenoxy) is 1. The van der Waals surface area contributed by atoms with Crippen molar-refractivity contribution in [3.63, 3.8) is 0 Å². The summed E-state index contributed by atoms with van der Waals surface area (Å²) in [7, 11) is 1.51. The monoisotopic (exact) mass is 263 g/mol. The molecule has 1 N–H and O–H groups in total. The predicted octanol–water partition coefficient (Wildman–Crippen LogP) is 4.22. The molecule has 0 amide bonds. The number of methoxy groups -OCH3 is 1. The number of nitrogens with one attached hydrogen (secondary N) is 1. The second-order valence-electron chi connectivity index (χ2n) is 5.95. The summed E-state index contributed by atoms with van der Waals surface area (Å²) >= 11 is 0. The van der Waals surface area contributed by atoms with E-state index in [0.717, 1.165) is 17.5 Å². The average Bonchev–Trinajstić information content (AvgIpc) is 3.26. The number of anilines is 1. The normalized spacial score (nSPS) is 27.1. The van der Waals surface area contributed by atoms with Crippen molar-refractivity contribution in [2.24, 2.45) is 11.8 Å². The third-order valence-corrected chi connectivity index (χ3v) is 4.53. The fraction of sp³-hybridized carbons (Fsp3) is 0.625. The minimum atomic E-state index is -0.299. The van der Waals surface area contributed by atoms with Crippen LogP contribution >= 0.6 is 0 Å². The number of rotatable bonds is 4. The molecule has 0 heterocycles. The van der Waals surface area contributed by atoms with Gasteiger partial charge in [0.2, 0.25) is 0 Å². The third-order valence-electron chi connectivity index (χ3n) is 4.53. The number of benzene rings is 1. The summed E-state index contributed by atoms with van der Waals surface area (Å²) in [4.78, 5) is 0. The second-order valence-corrected chi connectivity index (χ2v) is 5.95. The minimum Gasteiger partial charge on any atom is -0.494 e. The quantitative estimate of drug-likeness (QED) is 0.878. The first-order valence-electron chi connectivity index (χ1n) is 7.36. The highest BCUT2D eigenvalue weighted by atomic mass is 19.1. The number of hydrogen-bond donors (Lipinski definition) is 1. The fourth-order valence-corrected chi connectivity index (χ4v) is 3.34. The Morgan fingerprint density at radius 2 is 2.00 bits per heavy atom. The predicted molar refractivity (Wildman–Crippen MR) is 75.0 cm³/mol. The molecule has 1 aromatic rings. The molecule has 0 radical (unpaired) electrons. The second kappa shape index (κ2) is 5.40. The maximum absolute atomic E-state index is 13.4. The molecule has 2 nitrogen and oxygen atoms in total. The first kappa shape index (κ1) is 12.8. The third kappa shape index (κ3) is 3.02. The van der Waals surface area contributed by atoms with Crippen molar-refractivity contribution in [1.82, 2.24) is 0 Å². The van der Waals surface area contributed by atoms with Crippen molar-refractivity contribution < 1.29 is 9.13 Å². The molecule has 1 aromatic carbocycles. The molecule has 104 valence electrons. The SMILES string of the molecule is COc1cc(NC2CCCC(C3CC3)C2)ccc1F. The Hall–Kier alpha value is -1.25. The van der Waals surface area contributed by atoms with Gasteiger partial charge < -0.3 is 10.1 Å². The molecule has 2 aliphatic rings. The van der Waals surface area contributed by atoms with Gasteiger partial charge in [0.05, 0.1) is 7.11 Å². The van der Waals surface area contributed by atoms with Gasteiger partial charge in [-0.2, -0.15) is 0 Å². The highest BCUT2D eigenvalue weighted by Gasteiger charge is 2.34. The molecule has 0 spiro atoms. The van der Waals surface area contributed by atoms with Crippen molar-refractivity contribution in [2.75, 3.05) is 12.4 Å². The number of hydrogen-bond acceptors (Lipinski definition) is 2. The lowest BCUT2D eigenvalue weighted by Crippen LogP contribution is -2.28. The van der Waals surface area contributed by atoms with Crippen molar-refractivity contribution in [3.8, 4) is 5.75 Å². The number of halogens is 1. The van der Waals surface area contributed by atoms with Crippen LogP contribution in [0.3, 0.4) is 0 Å². The minimum absolute atomic E-state index is 0.299. The van der Waals surface area contributed by atoms with Crippen LogP contribution in [0.4, 0.5) is 10.1 Å². The molecule has 3 heteroatoms. The zero-order chi connectivity index (χ0) is 13.2. The zero-order valence-electron chi connectivity index (χ0n) is 11.5. The summed E-state index contributed by atoms with van der Waals surface area (Å²) < 4.78 is 18.4. The Morgan fingerprint density at radius 3 is 2.74 bits per heavy atom. The van der Waals surface area contributed by atoms with Crippen LogP contribution in [0.15, 0.2) is 18.2 Å². The van der Waals surface area contributed by atoms with E-state index in [1.807, 2.05) is 0 Å². The van der Waals surface area contributed by atoms with Crippen LogP contribution < -0.4 is 10.1 Å². The first-order valence-corrected chi connectivity index (χ1v) is 7.36. The summed E-state index contributed by atoms with van der Waals surface area (Å²) in [5.41, 5.74) is 0.972. The van der Waals surface area contributed by atoms with Crippen molar-refractivity contribution >= 4 is 5.69 Å². The highest BCUT2D eigenvalue weighted by Crippen LogP contribution is 2.44. The maximum atomic E-state index is 13.4. The Morgan fingerprint density at radius 1 is 1.16 bits per heavy atom. The van der Waals surface area contributed by atoms with E-state index in [9.17, 15) is 4.39 Å². The lowest BCUT2D eigenvalue weighted by atomic mass is 9.82. The van der Waals surface area contributed by atoms with E-state index < -0.39 is 0 Å². The van der Waals surface area contributed by atoms with Crippen LogP contribution in [-0.2, 0) is 0 Å². The topological polar surface area (TPSA) is 21.3 Å². The molecule has 0 bridgehead atoms. The van der Waals surface area contributed by atoms with E-state index in [-0.39, 0.29) is 5.82 Å². The smallest absolute Gasteiger partial charge is 0.165 e. The molecule has 2 aliphatic carbocycles. The molecular formula is C16H22FNO. The van der Waals surface area contributed by atoms with Gasteiger partial charge in [-0.25, -0.2) is 4.39 Å². The molecule has 0 saturated heterocycles. The van der Waals surface area contributed by atoms with E-state index in [2.05, 4.69) is 5.32 Å². The molecule has 0 aliphatic heterocycles. The van der Waals surface area contributed by atoms with Gasteiger partial charge in [0, 0.05) is 17.8 Å². The van der Waals surface area contributed by atoms with E-state index in [1.165, 1.54) is 51.7 Å². The molecule has 2 fully saturated rings. The summed E-state index contributed by atoms with van der Waals surface area (Å²) in [5, 5.41) is 3.55. The van der Waals surface area contributed by atoms with Gasteiger partial charge in [-0.3, -0.25) is 0 Å². The van der Waals surface area contributed by atoms with Gasteiger partial charge in [0.1, 0.15) is 0 Å². The van der Waals surface area contributed by atoms with Crippen LogP contribution in [0, 0.1) is 17.7 Å². The summed E-state index contributed by atoms with van der Waals surface area (Å²) in [6.45, 7) is 0. The van der Waals surface area contributed by atoms with Gasteiger partial charge in [-0.15, -0.1) is 0 Å². The van der Waals surface area contributed by atoms with Gasteiger partial charge >= 0.3 is 0 Å². The van der Waals surface area contributed by atoms with Crippen LogP contribution in [0.1, 0.15) is 38.5 Å². The fourth-order valence-electron chi connectivity index (χ4n) is 3.34. The van der Waals surface area contributed by atoms with Crippen molar-refractivity contribution in [2.45, 2.75) is 44.6 Å². The van der Waals surface area contributed by atoms with Crippen molar-refractivity contribution in [3.05, 3.63) is 24.0 Å².